The maximum Gasteiger partial charge on any atom is 0.387 e. The summed E-state index contributed by atoms with van der Waals surface area (Å²) in [4.78, 5) is 11.6. The Labute approximate surface area is 114 Å². The minimum absolute atomic E-state index is 0.166. The van der Waals surface area contributed by atoms with E-state index in [0.717, 1.165) is 12.1 Å². The van der Waals surface area contributed by atoms with Crippen molar-refractivity contribution < 1.29 is 18.4 Å². The van der Waals surface area contributed by atoms with E-state index in [1.165, 1.54) is 6.07 Å². The predicted molar refractivity (Wildman–Crippen MR) is 67.8 cm³/mol. The van der Waals surface area contributed by atoms with Gasteiger partial charge in [-0.2, -0.15) is 14.0 Å². The van der Waals surface area contributed by atoms with Crippen LogP contribution in [0.15, 0.2) is 18.2 Å². The maximum absolute atomic E-state index is 12.3. The molecule has 0 aliphatic carbocycles. The molecule has 1 unspecified atom stereocenters. The Balaban J connectivity index is 3.12. The normalized spacial score (nSPS) is 11.8. The van der Waals surface area contributed by atoms with Gasteiger partial charge in [-0.15, -0.1) is 0 Å². The van der Waals surface area contributed by atoms with Crippen LogP contribution in [0.4, 0.5) is 20.2 Å². The van der Waals surface area contributed by atoms with Gasteiger partial charge >= 0.3 is 12.3 Å². The lowest BCUT2D eigenvalue weighted by Crippen LogP contribution is -2.28. The van der Waals surface area contributed by atoms with Crippen LogP contribution in [-0.2, 0) is 0 Å². The van der Waals surface area contributed by atoms with E-state index in [2.05, 4.69) is 4.74 Å². The molecule has 1 aromatic rings. The lowest BCUT2D eigenvalue weighted by atomic mass is 10.2. The highest BCUT2D eigenvalue weighted by molar-refractivity contribution is 5.59. The Morgan fingerprint density at radius 1 is 1.55 bits per heavy atom. The topological polar surface area (TPSA) is 79.4 Å². The molecule has 0 fully saturated rings. The van der Waals surface area contributed by atoms with Gasteiger partial charge in [-0.25, -0.2) is 0 Å². The first-order chi connectivity index (χ1) is 9.36. The fourth-order valence-electron chi connectivity index (χ4n) is 1.59. The molecule has 0 N–H and O–H groups in total. The average molecular weight is 285 g/mol. The molecule has 20 heavy (non-hydrogen) atoms. The monoisotopic (exact) mass is 285 g/mol. The van der Waals surface area contributed by atoms with Crippen molar-refractivity contribution in [3.05, 3.63) is 28.3 Å². The molecule has 0 aliphatic heterocycles. The van der Waals surface area contributed by atoms with Crippen molar-refractivity contribution in [2.75, 3.05) is 11.9 Å². The summed E-state index contributed by atoms with van der Waals surface area (Å²) in [6.07, 6.45) is 0.235. The summed E-state index contributed by atoms with van der Waals surface area (Å²) >= 11 is 0. The zero-order valence-electron chi connectivity index (χ0n) is 10.9. The van der Waals surface area contributed by atoms with Crippen molar-refractivity contribution in [1.29, 1.82) is 5.26 Å². The number of rotatable bonds is 6. The molecule has 0 saturated carbocycles. The van der Waals surface area contributed by atoms with Gasteiger partial charge in [-0.3, -0.25) is 10.1 Å². The summed E-state index contributed by atoms with van der Waals surface area (Å²) in [5, 5.41) is 19.4. The molecule has 0 saturated heterocycles. The number of nitro benzene ring substituents is 1. The first-order valence-corrected chi connectivity index (χ1v) is 5.69. The van der Waals surface area contributed by atoms with Crippen LogP contribution in [0.1, 0.15) is 13.3 Å². The number of benzene rings is 1. The van der Waals surface area contributed by atoms with Gasteiger partial charge in [0.25, 0.3) is 0 Å². The summed E-state index contributed by atoms with van der Waals surface area (Å²) in [5.41, 5.74) is -0.0793. The van der Waals surface area contributed by atoms with Crippen molar-refractivity contribution in [3.63, 3.8) is 0 Å². The highest BCUT2D eigenvalue weighted by Crippen LogP contribution is 2.33. The molecule has 108 valence electrons. The SMILES string of the molecule is CC(CC#N)N(C)c1ccc([N+](=O)[O-])c(OC(F)F)c1. The van der Waals surface area contributed by atoms with Crippen LogP contribution in [0.25, 0.3) is 0 Å². The predicted octanol–water partition coefficient (Wildman–Crippen LogP) is 2.93. The van der Waals surface area contributed by atoms with Crippen molar-refractivity contribution in [2.45, 2.75) is 26.0 Å². The number of halogens is 2. The minimum Gasteiger partial charge on any atom is -0.427 e. The van der Waals surface area contributed by atoms with Crippen LogP contribution >= 0.6 is 0 Å². The second-order valence-corrected chi connectivity index (χ2v) is 4.11. The van der Waals surface area contributed by atoms with E-state index in [0.29, 0.717) is 5.69 Å². The molecule has 0 bridgehead atoms. The number of nitriles is 1. The number of alkyl halides is 2. The Hall–Kier alpha value is -2.43. The van der Waals surface area contributed by atoms with E-state index in [1.54, 1.807) is 18.9 Å². The van der Waals surface area contributed by atoms with E-state index >= 15 is 0 Å². The fraction of sp³-hybridized carbons (Fsp3) is 0.417. The van der Waals surface area contributed by atoms with Crippen molar-refractivity contribution in [2.24, 2.45) is 0 Å². The van der Waals surface area contributed by atoms with Crippen LogP contribution in [-0.4, -0.2) is 24.6 Å². The van der Waals surface area contributed by atoms with Gasteiger partial charge in [0.2, 0.25) is 5.75 Å². The number of ether oxygens (including phenoxy) is 1. The summed E-state index contributed by atoms with van der Waals surface area (Å²) in [7, 11) is 1.66. The zero-order chi connectivity index (χ0) is 15.3. The maximum atomic E-state index is 12.3. The molecular formula is C12H13F2N3O3. The third kappa shape index (κ3) is 3.78. The molecular weight excluding hydrogens is 272 g/mol. The van der Waals surface area contributed by atoms with Crippen LogP contribution in [0, 0.1) is 21.4 Å². The second-order valence-electron chi connectivity index (χ2n) is 4.11. The summed E-state index contributed by atoms with van der Waals surface area (Å²) in [6, 6.07) is 5.51. The molecule has 0 aromatic heterocycles. The van der Waals surface area contributed by atoms with Gasteiger partial charge < -0.3 is 9.64 Å². The Morgan fingerprint density at radius 2 is 2.20 bits per heavy atom. The van der Waals surface area contributed by atoms with E-state index in [1.807, 2.05) is 6.07 Å². The molecule has 0 amide bonds. The average Bonchev–Trinajstić information content (AvgIpc) is 2.37. The molecule has 1 rings (SSSR count). The lowest BCUT2D eigenvalue weighted by Gasteiger charge is -2.25. The van der Waals surface area contributed by atoms with Gasteiger partial charge in [0.1, 0.15) is 0 Å². The second kappa shape index (κ2) is 6.65. The van der Waals surface area contributed by atoms with Crippen LogP contribution in [0.2, 0.25) is 0 Å². The van der Waals surface area contributed by atoms with E-state index < -0.39 is 23.0 Å². The molecule has 6 nitrogen and oxygen atoms in total. The first-order valence-electron chi connectivity index (χ1n) is 5.69. The molecule has 0 aliphatic rings. The molecule has 8 heteroatoms. The van der Waals surface area contributed by atoms with Gasteiger partial charge in [0, 0.05) is 30.9 Å². The largest absolute Gasteiger partial charge is 0.427 e. The van der Waals surface area contributed by atoms with Crippen molar-refractivity contribution in [1.82, 2.24) is 0 Å². The number of nitrogens with zero attached hydrogens (tertiary/aromatic N) is 3. The Kier molecular flexibility index (Phi) is 5.20. The highest BCUT2D eigenvalue weighted by Gasteiger charge is 2.21. The van der Waals surface area contributed by atoms with Crippen LogP contribution in [0.3, 0.4) is 0 Å². The van der Waals surface area contributed by atoms with Crippen molar-refractivity contribution in [3.8, 4) is 11.8 Å². The van der Waals surface area contributed by atoms with E-state index in [4.69, 9.17) is 5.26 Å². The molecule has 0 radical (unpaired) electrons. The quantitative estimate of drug-likeness (QED) is 0.593. The van der Waals surface area contributed by atoms with E-state index in [9.17, 15) is 18.9 Å². The smallest absolute Gasteiger partial charge is 0.387 e. The van der Waals surface area contributed by atoms with Crippen molar-refractivity contribution >= 4 is 11.4 Å². The third-order valence-corrected chi connectivity index (χ3v) is 2.81. The van der Waals surface area contributed by atoms with Gasteiger partial charge in [-0.05, 0) is 13.0 Å². The highest BCUT2D eigenvalue weighted by atomic mass is 19.3. The standard InChI is InChI=1S/C12H13F2N3O3/c1-8(5-6-15)16(2)9-3-4-10(17(18)19)11(7-9)20-12(13)14/h3-4,7-8,12H,5H2,1-2H3. The minimum atomic E-state index is -3.15. The Bertz CT molecular complexity index is 531. The molecule has 0 spiro atoms. The zero-order valence-corrected chi connectivity index (χ0v) is 10.9. The lowest BCUT2D eigenvalue weighted by molar-refractivity contribution is -0.386. The Morgan fingerprint density at radius 3 is 2.70 bits per heavy atom. The number of hydrogen-bond donors (Lipinski definition) is 0. The number of nitro groups is 1. The molecule has 1 atom stereocenters. The summed E-state index contributed by atoms with van der Waals surface area (Å²) in [5.74, 6) is -0.501. The van der Waals surface area contributed by atoms with Crippen LogP contribution < -0.4 is 9.64 Å². The summed E-state index contributed by atoms with van der Waals surface area (Å²) < 4.78 is 28.7. The van der Waals surface area contributed by atoms with Crippen LogP contribution in [0.5, 0.6) is 5.75 Å². The van der Waals surface area contributed by atoms with Gasteiger partial charge in [-0.1, -0.05) is 0 Å². The fourth-order valence-corrected chi connectivity index (χ4v) is 1.59. The third-order valence-electron chi connectivity index (χ3n) is 2.81. The number of anilines is 1. The van der Waals surface area contributed by atoms with Gasteiger partial charge in [0.15, 0.2) is 0 Å². The first kappa shape index (κ1) is 15.6. The summed E-state index contributed by atoms with van der Waals surface area (Å²) in [6.45, 7) is -1.37. The van der Waals surface area contributed by atoms with E-state index in [-0.39, 0.29) is 12.5 Å². The van der Waals surface area contributed by atoms with Gasteiger partial charge in [0.05, 0.1) is 17.4 Å². The molecule has 1 aromatic carbocycles. The molecule has 0 heterocycles. The number of hydrogen-bond acceptors (Lipinski definition) is 5.